The van der Waals surface area contributed by atoms with Crippen LogP contribution in [0.15, 0.2) is 70.0 Å². The Hall–Kier alpha value is -4.29. The molecular formula is C27H29FN8O3. The summed E-state index contributed by atoms with van der Waals surface area (Å²) in [5.41, 5.74) is 7.30. The van der Waals surface area contributed by atoms with E-state index in [-0.39, 0.29) is 24.5 Å². The third kappa shape index (κ3) is 5.47. The van der Waals surface area contributed by atoms with Gasteiger partial charge in [-0.2, -0.15) is 10.2 Å². The number of nitrogens with zero attached hydrogens (tertiary/aromatic N) is 5. The number of carbonyl (C=O) groups is 1. The number of nitrogens with one attached hydrogen (secondary N) is 3. The lowest BCUT2D eigenvalue weighted by molar-refractivity contribution is 0.0463. The van der Waals surface area contributed by atoms with Gasteiger partial charge in [0.05, 0.1) is 54.9 Å². The second-order valence-electron chi connectivity index (χ2n) is 9.70. The Labute approximate surface area is 224 Å². The van der Waals surface area contributed by atoms with E-state index in [1.165, 1.54) is 12.1 Å². The van der Waals surface area contributed by atoms with Gasteiger partial charge in [0.25, 0.3) is 0 Å². The van der Waals surface area contributed by atoms with Crippen molar-refractivity contribution in [1.82, 2.24) is 30.7 Å². The zero-order chi connectivity index (χ0) is 26.8. The molecule has 12 heteroatoms. The van der Waals surface area contributed by atoms with Crippen molar-refractivity contribution in [2.45, 2.75) is 25.6 Å². The molecule has 6 rings (SSSR count). The summed E-state index contributed by atoms with van der Waals surface area (Å²) in [5, 5.41) is 15.9. The van der Waals surface area contributed by atoms with Gasteiger partial charge in [0.2, 0.25) is 0 Å². The van der Waals surface area contributed by atoms with Crippen LogP contribution in [-0.4, -0.2) is 77.9 Å². The molecule has 1 saturated heterocycles. The third-order valence-electron chi connectivity index (χ3n) is 6.95. The molecule has 202 valence electrons. The Morgan fingerprint density at radius 2 is 2.23 bits per heavy atom. The number of hydrogen-bond acceptors (Lipinski definition) is 8. The highest BCUT2D eigenvalue weighted by Crippen LogP contribution is 2.28. The first-order valence-electron chi connectivity index (χ1n) is 12.8. The van der Waals surface area contributed by atoms with E-state index >= 15 is 0 Å². The monoisotopic (exact) mass is 532 g/mol. The SMILES string of the molecule is CC1=C2C(=Nc3ccc4c(cnn4Cc4cccc(F)c4)c3)NN=CN2CC1NC(=O)OCC1COCCN1. The molecule has 3 N–H and O–H groups in total. The zero-order valence-corrected chi connectivity index (χ0v) is 21.4. The highest BCUT2D eigenvalue weighted by Gasteiger charge is 2.34. The number of aliphatic imine (C=N–C) groups is 1. The van der Waals surface area contributed by atoms with E-state index < -0.39 is 6.09 Å². The van der Waals surface area contributed by atoms with Crippen molar-refractivity contribution >= 4 is 34.9 Å². The van der Waals surface area contributed by atoms with Crippen LogP contribution >= 0.6 is 0 Å². The van der Waals surface area contributed by atoms with Crippen LogP contribution in [0.25, 0.3) is 10.9 Å². The van der Waals surface area contributed by atoms with Gasteiger partial charge in [-0.1, -0.05) is 12.1 Å². The van der Waals surface area contributed by atoms with Gasteiger partial charge >= 0.3 is 6.09 Å². The number of carbonyl (C=O) groups excluding carboxylic acids is 1. The molecule has 0 bridgehead atoms. The van der Waals surface area contributed by atoms with Gasteiger partial charge in [-0.25, -0.2) is 14.2 Å². The number of halogens is 1. The maximum absolute atomic E-state index is 13.6. The van der Waals surface area contributed by atoms with E-state index in [9.17, 15) is 9.18 Å². The molecule has 11 nitrogen and oxygen atoms in total. The largest absolute Gasteiger partial charge is 0.448 e. The second kappa shape index (κ2) is 10.8. The first-order valence-corrected chi connectivity index (χ1v) is 12.8. The van der Waals surface area contributed by atoms with Gasteiger partial charge in [0.15, 0.2) is 5.84 Å². The maximum atomic E-state index is 13.6. The number of hydrogen-bond donors (Lipinski definition) is 3. The summed E-state index contributed by atoms with van der Waals surface area (Å²) < 4.78 is 26.2. The zero-order valence-electron chi connectivity index (χ0n) is 21.4. The number of hydrazone groups is 1. The molecule has 2 aromatic carbocycles. The summed E-state index contributed by atoms with van der Waals surface area (Å²) in [5.74, 6) is 0.319. The molecular weight excluding hydrogens is 503 g/mol. The predicted molar refractivity (Wildman–Crippen MR) is 144 cm³/mol. The smallest absolute Gasteiger partial charge is 0.407 e. The normalized spacial score (nSPS) is 21.8. The standard InChI is InChI=1S/C27H29FN8O3/c1-17-23(33-27(37)39-15-22-14-38-8-7-29-22)13-35-16-30-34-26(25(17)35)32-21-5-6-24-19(10-21)11-31-36(24)12-18-3-2-4-20(28)9-18/h2-6,9-11,16,22-23,29H,7-8,12-15H2,1H3,(H,32,34)(H,33,37). The Morgan fingerprint density at radius 3 is 3.08 bits per heavy atom. The molecule has 39 heavy (non-hydrogen) atoms. The van der Waals surface area contributed by atoms with Crippen molar-refractivity contribution in [3.63, 3.8) is 0 Å². The molecule has 1 fully saturated rings. The molecule has 3 aliphatic rings. The molecule has 1 amide bonds. The molecule has 2 atom stereocenters. The Bertz CT molecular complexity index is 1480. The summed E-state index contributed by atoms with van der Waals surface area (Å²) in [7, 11) is 0. The van der Waals surface area contributed by atoms with E-state index in [0.717, 1.165) is 40.0 Å². The van der Waals surface area contributed by atoms with Crippen molar-refractivity contribution < 1.29 is 18.7 Å². The molecule has 3 aromatic rings. The topological polar surface area (TPSA) is 117 Å². The van der Waals surface area contributed by atoms with Crippen LogP contribution in [0, 0.1) is 5.82 Å². The molecule has 0 aliphatic carbocycles. The number of alkyl carbamates (subject to hydrolysis) is 1. The molecule has 0 saturated carbocycles. The Morgan fingerprint density at radius 1 is 1.31 bits per heavy atom. The first-order chi connectivity index (χ1) is 19.0. The highest BCUT2D eigenvalue weighted by atomic mass is 19.1. The van der Waals surface area contributed by atoms with E-state index in [4.69, 9.17) is 14.5 Å². The van der Waals surface area contributed by atoms with Crippen LogP contribution in [0.4, 0.5) is 14.9 Å². The van der Waals surface area contributed by atoms with Crippen molar-refractivity contribution in [1.29, 1.82) is 0 Å². The average molecular weight is 533 g/mol. The van der Waals surface area contributed by atoms with Gasteiger partial charge in [-0.05, 0) is 48.4 Å². The average Bonchev–Trinajstić information content (AvgIpc) is 3.48. The molecule has 1 aromatic heterocycles. The van der Waals surface area contributed by atoms with Crippen molar-refractivity contribution in [2.75, 3.05) is 32.9 Å². The first kappa shape index (κ1) is 25.0. The van der Waals surface area contributed by atoms with Crippen LogP contribution < -0.4 is 16.1 Å². The summed E-state index contributed by atoms with van der Waals surface area (Å²) in [4.78, 5) is 19.3. The lowest BCUT2D eigenvalue weighted by atomic mass is 10.1. The van der Waals surface area contributed by atoms with E-state index in [1.807, 2.05) is 40.8 Å². The number of benzene rings is 2. The maximum Gasteiger partial charge on any atom is 0.407 e. The summed E-state index contributed by atoms with van der Waals surface area (Å²) in [6, 6.07) is 12.1. The molecule has 0 spiro atoms. The molecule has 2 unspecified atom stereocenters. The van der Waals surface area contributed by atoms with Crippen LogP contribution in [0.5, 0.6) is 0 Å². The van der Waals surface area contributed by atoms with Crippen LogP contribution in [0.1, 0.15) is 12.5 Å². The van der Waals surface area contributed by atoms with Crippen molar-refractivity contribution in [3.05, 3.63) is 71.3 Å². The number of amidine groups is 1. The second-order valence-corrected chi connectivity index (χ2v) is 9.70. The summed E-state index contributed by atoms with van der Waals surface area (Å²) in [6.07, 6.45) is 2.99. The quantitative estimate of drug-likeness (QED) is 0.447. The molecule has 3 aliphatic heterocycles. The fourth-order valence-corrected chi connectivity index (χ4v) is 4.98. The lowest BCUT2D eigenvalue weighted by Gasteiger charge is -2.24. The van der Waals surface area contributed by atoms with Gasteiger partial charge in [-0.15, -0.1) is 0 Å². The summed E-state index contributed by atoms with van der Waals surface area (Å²) in [6.45, 7) is 5.14. The number of morpholine rings is 1. The highest BCUT2D eigenvalue weighted by molar-refractivity contribution is 6.04. The number of amides is 1. The number of fused-ring (bicyclic) bond motifs is 2. The minimum absolute atomic E-state index is 0.000268. The fourth-order valence-electron chi connectivity index (χ4n) is 4.98. The van der Waals surface area contributed by atoms with Crippen molar-refractivity contribution in [2.24, 2.45) is 10.1 Å². The van der Waals surface area contributed by atoms with Crippen LogP contribution in [0.3, 0.4) is 0 Å². The predicted octanol–water partition coefficient (Wildman–Crippen LogP) is 2.47. The minimum atomic E-state index is -0.476. The third-order valence-corrected chi connectivity index (χ3v) is 6.95. The molecule has 4 heterocycles. The van der Waals surface area contributed by atoms with Gasteiger partial charge in [0, 0.05) is 18.5 Å². The number of aromatic nitrogens is 2. The fraction of sp³-hybridized carbons (Fsp3) is 0.333. The lowest BCUT2D eigenvalue weighted by Crippen LogP contribution is -2.46. The minimum Gasteiger partial charge on any atom is -0.448 e. The number of rotatable bonds is 6. The van der Waals surface area contributed by atoms with E-state index in [0.29, 0.717) is 32.1 Å². The van der Waals surface area contributed by atoms with Gasteiger partial charge < -0.3 is 25.0 Å². The van der Waals surface area contributed by atoms with E-state index in [2.05, 4.69) is 26.3 Å². The number of ether oxygens (including phenoxy) is 2. The van der Waals surface area contributed by atoms with Crippen LogP contribution in [0.2, 0.25) is 0 Å². The Balaban J connectivity index is 1.16. The Kier molecular flexibility index (Phi) is 6.95. The van der Waals surface area contributed by atoms with Gasteiger partial charge in [0.1, 0.15) is 18.8 Å². The van der Waals surface area contributed by atoms with E-state index in [1.54, 1.807) is 18.6 Å². The van der Waals surface area contributed by atoms with Gasteiger partial charge in [-0.3, -0.25) is 10.1 Å². The van der Waals surface area contributed by atoms with Crippen LogP contribution in [-0.2, 0) is 16.0 Å². The summed E-state index contributed by atoms with van der Waals surface area (Å²) >= 11 is 0. The molecule has 0 radical (unpaired) electrons. The van der Waals surface area contributed by atoms with Crippen molar-refractivity contribution in [3.8, 4) is 0 Å².